The Bertz CT molecular complexity index is 165. The summed E-state index contributed by atoms with van der Waals surface area (Å²) in [5.74, 6) is -1.20. The molecule has 0 aliphatic carbocycles. The Kier molecular flexibility index (Phi) is 5.03. The maximum Gasteiger partial charge on any atom is 0.334 e. The van der Waals surface area contributed by atoms with Crippen molar-refractivity contribution in [1.82, 2.24) is 0 Å². The van der Waals surface area contributed by atoms with Crippen LogP contribution in [0.5, 0.6) is 0 Å². The van der Waals surface area contributed by atoms with E-state index < -0.39 is 18.0 Å². The Morgan fingerprint density at radius 2 is 1.92 bits per heavy atom. The van der Waals surface area contributed by atoms with Crippen molar-refractivity contribution in [1.29, 1.82) is 0 Å². The minimum atomic E-state index is -1.24. The number of aliphatic hydroxyl groups excluding tert-OH is 1. The van der Waals surface area contributed by atoms with Gasteiger partial charge in [0.15, 0.2) is 6.10 Å². The number of rotatable bonds is 4. The lowest BCUT2D eigenvalue weighted by molar-refractivity contribution is -0.151. The second-order valence-electron chi connectivity index (χ2n) is 2.15. The van der Waals surface area contributed by atoms with Gasteiger partial charge in [0.2, 0.25) is 0 Å². The lowest BCUT2D eigenvalue weighted by Gasteiger charge is -2.06. The molecule has 0 amide bonds. The van der Waals surface area contributed by atoms with Gasteiger partial charge in [-0.25, -0.2) is 4.79 Å². The van der Waals surface area contributed by atoms with E-state index in [0.29, 0.717) is 0 Å². The largest absolute Gasteiger partial charge is 0.469 e. The Morgan fingerprint density at radius 3 is 2.33 bits per heavy atom. The molecule has 0 aromatic carbocycles. The van der Waals surface area contributed by atoms with Crippen molar-refractivity contribution in [3.8, 4) is 0 Å². The molecule has 0 aliphatic rings. The van der Waals surface area contributed by atoms with Crippen molar-refractivity contribution in [2.75, 3.05) is 14.2 Å². The van der Waals surface area contributed by atoms with Crippen LogP contribution in [-0.2, 0) is 19.1 Å². The summed E-state index contributed by atoms with van der Waals surface area (Å²) in [5, 5.41) is 8.98. The third-order valence-electron chi connectivity index (χ3n) is 1.32. The van der Waals surface area contributed by atoms with Crippen LogP contribution in [-0.4, -0.2) is 37.4 Å². The summed E-state index contributed by atoms with van der Waals surface area (Å²) in [6, 6.07) is 0. The molecule has 5 heteroatoms. The normalized spacial score (nSPS) is 11.9. The third-order valence-corrected chi connectivity index (χ3v) is 1.32. The van der Waals surface area contributed by atoms with E-state index in [-0.39, 0.29) is 12.8 Å². The highest BCUT2D eigenvalue weighted by Crippen LogP contribution is 1.99. The summed E-state index contributed by atoms with van der Waals surface area (Å²) < 4.78 is 8.55. The molecular formula is C7H12O5. The molecule has 0 bridgehead atoms. The van der Waals surface area contributed by atoms with Crippen LogP contribution < -0.4 is 0 Å². The lowest BCUT2D eigenvalue weighted by atomic mass is 10.2. The first-order valence-corrected chi connectivity index (χ1v) is 3.44. The topological polar surface area (TPSA) is 72.8 Å². The molecule has 0 radical (unpaired) electrons. The number of carbonyl (C=O) groups excluding carboxylic acids is 2. The number of carbonyl (C=O) groups is 2. The molecule has 0 saturated carbocycles. The van der Waals surface area contributed by atoms with E-state index in [1.165, 1.54) is 14.2 Å². The van der Waals surface area contributed by atoms with Crippen molar-refractivity contribution in [2.24, 2.45) is 0 Å². The smallest absolute Gasteiger partial charge is 0.334 e. The van der Waals surface area contributed by atoms with Crippen LogP contribution >= 0.6 is 0 Å². The highest BCUT2D eigenvalue weighted by molar-refractivity contribution is 5.75. The summed E-state index contributed by atoms with van der Waals surface area (Å²) >= 11 is 0. The third kappa shape index (κ3) is 3.92. The van der Waals surface area contributed by atoms with Gasteiger partial charge in [-0.15, -0.1) is 0 Å². The number of methoxy groups -OCH3 is 2. The van der Waals surface area contributed by atoms with Crippen molar-refractivity contribution in [2.45, 2.75) is 18.9 Å². The zero-order valence-electron chi connectivity index (χ0n) is 7.07. The van der Waals surface area contributed by atoms with Gasteiger partial charge in [0.1, 0.15) is 0 Å². The molecule has 0 unspecified atom stereocenters. The van der Waals surface area contributed by atoms with E-state index in [4.69, 9.17) is 5.11 Å². The van der Waals surface area contributed by atoms with E-state index in [0.717, 1.165) is 0 Å². The van der Waals surface area contributed by atoms with Gasteiger partial charge >= 0.3 is 11.9 Å². The first-order chi connectivity index (χ1) is 5.61. The molecule has 5 nitrogen and oxygen atoms in total. The molecule has 0 aliphatic heterocycles. The standard InChI is InChI=1S/C7H12O5/c1-11-6(9)4-3-5(8)7(10)12-2/h5,8H,3-4H2,1-2H3/t5-/m1/s1. The minimum absolute atomic E-state index is 0.00671. The van der Waals surface area contributed by atoms with E-state index in [9.17, 15) is 9.59 Å². The Hall–Kier alpha value is -1.10. The van der Waals surface area contributed by atoms with E-state index in [1.54, 1.807) is 0 Å². The maximum absolute atomic E-state index is 10.6. The minimum Gasteiger partial charge on any atom is -0.469 e. The number of hydrogen-bond donors (Lipinski definition) is 1. The fraction of sp³-hybridized carbons (Fsp3) is 0.714. The molecule has 0 aromatic heterocycles. The molecule has 1 N–H and O–H groups in total. The first kappa shape index (κ1) is 10.9. The number of esters is 2. The monoisotopic (exact) mass is 176 g/mol. The van der Waals surface area contributed by atoms with Crippen LogP contribution in [0, 0.1) is 0 Å². The van der Waals surface area contributed by atoms with Gasteiger partial charge < -0.3 is 14.6 Å². The molecule has 0 aromatic rings. The molecule has 0 spiro atoms. The highest BCUT2D eigenvalue weighted by atomic mass is 16.5. The van der Waals surface area contributed by atoms with Crippen LogP contribution in [0.15, 0.2) is 0 Å². The Balaban J connectivity index is 3.63. The van der Waals surface area contributed by atoms with Crippen molar-refractivity contribution in [3.63, 3.8) is 0 Å². The second kappa shape index (κ2) is 5.54. The lowest BCUT2D eigenvalue weighted by Crippen LogP contribution is -2.22. The zero-order chi connectivity index (χ0) is 9.56. The summed E-state index contributed by atoms with van der Waals surface area (Å²) in [5.41, 5.74) is 0. The quantitative estimate of drug-likeness (QED) is 0.583. The number of aliphatic hydroxyl groups is 1. The van der Waals surface area contributed by atoms with Gasteiger partial charge in [0.25, 0.3) is 0 Å². The molecule has 12 heavy (non-hydrogen) atoms. The SMILES string of the molecule is COC(=O)CC[C@@H](O)C(=O)OC. The molecule has 0 saturated heterocycles. The molecular weight excluding hydrogens is 164 g/mol. The van der Waals surface area contributed by atoms with Gasteiger partial charge in [-0.05, 0) is 6.42 Å². The average Bonchev–Trinajstić information content (AvgIpc) is 2.11. The van der Waals surface area contributed by atoms with Gasteiger partial charge in [-0.3, -0.25) is 4.79 Å². The fourth-order valence-corrected chi connectivity index (χ4v) is 0.611. The second-order valence-corrected chi connectivity index (χ2v) is 2.15. The summed E-state index contributed by atoms with van der Waals surface area (Å²) in [6.07, 6.45) is -1.21. The molecule has 70 valence electrons. The molecule has 1 atom stereocenters. The van der Waals surface area contributed by atoms with E-state index >= 15 is 0 Å². The van der Waals surface area contributed by atoms with Gasteiger partial charge in [-0.1, -0.05) is 0 Å². The maximum atomic E-state index is 10.6. The van der Waals surface area contributed by atoms with Crippen LogP contribution in [0.4, 0.5) is 0 Å². The predicted octanol–water partition coefficient (Wildman–Crippen LogP) is -0.527. The van der Waals surface area contributed by atoms with Gasteiger partial charge in [-0.2, -0.15) is 0 Å². The summed E-state index contributed by atoms with van der Waals surface area (Å²) in [4.78, 5) is 21.1. The van der Waals surface area contributed by atoms with E-state index in [1.807, 2.05) is 0 Å². The fourth-order valence-electron chi connectivity index (χ4n) is 0.611. The van der Waals surface area contributed by atoms with Crippen LogP contribution in [0.3, 0.4) is 0 Å². The average molecular weight is 176 g/mol. The zero-order valence-corrected chi connectivity index (χ0v) is 7.07. The van der Waals surface area contributed by atoms with Gasteiger partial charge in [0.05, 0.1) is 14.2 Å². The van der Waals surface area contributed by atoms with Crippen molar-refractivity contribution in [3.05, 3.63) is 0 Å². The Labute approximate surface area is 70.3 Å². The van der Waals surface area contributed by atoms with Crippen LogP contribution in [0.25, 0.3) is 0 Å². The summed E-state index contributed by atoms with van der Waals surface area (Å²) in [7, 11) is 2.41. The van der Waals surface area contributed by atoms with Crippen LogP contribution in [0.2, 0.25) is 0 Å². The highest BCUT2D eigenvalue weighted by Gasteiger charge is 2.16. The molecule has 0 heterocycles. The van der Waals surface area contributed by atoms with Crippen LogP contribution in [0.1, 0.15) is 12.8 Å². The predicted molar refractivity (Wildman–Crippen MR) is 39.3 cm³/mol. The molecule has 0 rings (SSSR count). The number of hydrogen-bond acceptors (Lipinski definition) is 5. The van der Waals surface area contributed by atoms with Crippen molar-refractivity contribution >= 4 is 11.9 Å². The molecule has 0 fully saturated rings. The summed E-state index contributed by atoms with van der Waals surface area (Å²) in [6.45, 7) is 0. The first-order valence-electron chi connectivity index (χ1n) is 3.44. The van der Waals surface area contributed by atoms with E-state index in [2.05, 4.69) is 9.47 Å². The van der Waals surface area contributed by atoms with Crippen molar-refractivity contribution < 1.29 is 24.2 Å². The van der Waals surface area contributed by atoms with Gasteiger partial charge in [0, 0.05) is 6.42 Å². The number of ether oxygens (including phenoxy) is 2. The Morgan fingerprint density at radius 1 is 1.33 bits per heavy atom.